The van der Waals surface area contributed by atoms with Crippen molar-refractivity contribution in [2.45, 2.75) is 19.4 Å². The van der Waals surface area contributed by atoms with E-state index >= 15 is 0 Å². The SMILES string of the molecule is O=C(NCc1nnc(-c2ccccc2)s1)c1ccnc(NC(=O)C2CC2)c1. The molecule has 0 radical (unpaired) electrons. The van der Waals surface area contributed by atoms with Crippen molar-refractivity contribution >= 4 is 29.0 Å². The second-order valence-corrected chi connectivity index (χ2v) is 7.31. The third-order valence-electron chi connectivity index (χ3n) is 4.11. The number of carbonyl (C=O) groups excluding carboxylic acids is 2. The summed E-state index contributed by atoms with van der Waals surface area (Å²) in [6, 6.07) is 13.0. The number of hydrogen-bond acceptors (Lipinski definition) is 6. The molecule has 1 saturated carbocycles. The number of hydrogen-bond donors (Lipinski definition) is 2. The molecule has 0 saturated heterocycles. The second-order valence-electron chi connectivity index (χ2n) is 6.24. The fourth-order valence-electron chi connectivity index (χ4n) is 2.49. The molecule has 1 aromatic carbocycles. The summed E-state index contributed by atoms with van der Waals surface area (Å²) in [7, 11) is 0. The molecule has 1 aliphatic carbocycles. The van der Waals surface area contributed by atoms with E-state index in [1.165, 1.54) is 17.5 Å². The molecule has 0 atom stereocenters. The number of aromatic nitrogens is 3. The summed E-state index contributed by atoms with van der Waals surface area (Å²) in [6.45, 7) is 0.287. The van der Waals surface area contributed by atoms with Crippen LogP contribution in [0.3, 0.4) is 0 Å². The Bertz CT molecular complexity index is 969. The van der Waals surface area contributed by atoms with E-state index in [-0.39, 0.29) is 24.3 Å². The summed E-state index contributed by atoms with van der Waals surface area (Å²) in [5.41, 5.74) is 1.43. The minimum Gasteiger partial charge on any atom is -0.345 e. The first-order valence-electron chi connectivity index (χ1n) is 8.62. The summed E-state index contributed by atoms with van der Waals surface area (Å²) in [6.07, 6.45) is 3.34. The molecule has 8 heteroatoms. The van der Waals surface area contributed by atoms with E-state index in [1.54, 1.807) is 12.1 Å². The molecule has 27 heavy (non-hydrogen) atoms. The van der Waals surface area contributed by atoms with Crippen molar-refractivity contribution < 1.29 is 9.59 Å². The highest BCUT2D eigenvalue weighted by atomic mass is 32.1. The average molecular weight is 379 g/mol. The molecule has 0 bridgehead atoms. The van der Waals surface area contributed by atoms with Crippen LogP contribution in [-0.2, 0) is 11.3 Å². The molecule has 1 fully saturated rings. The van der Waals surface area contributed by atoms with Gasteiger partial charge < -0.3 is 10.6 Å². The van der Waals surface area contributed by atoms with Crippen molar-refractivity contribution in [2.24, 2.45) is 5.92 Å². The predicted octanol–water partition coefficient (Wildman–Crippen LogP) is 2.88. The third-order valence-corrected chi connectivity index (χ3v) is 5.08. The minimum atomic E-state index is -0.254. The lowest BCUT2D eigenvalue weighted by atomic mass is 10.2. The molecule has 3 aromatic rings. The Kier molecular flexibility index (Phi) is 4.88. The van der Waals surface area contributed by atoms with Crippen LogP contribution in [0.2, 0.25) is 0 Å². The van der Waals surface area contributed by atoms with E-state index in [1.807, 2.05) is 30.3 Å². The zero-order valence-corrected chi connectivity index (χ0v) is 15.2. The summed E-state index contributed by atoms with van der Waals surface area (Å²) in [5.74, 6) is 0.181. The minimum absolute atomic E-state index is 0.0395. The third kappa shape index (κ3) is 4.35. The van der Waals surface area contributed by atoms with Gasteiger partial charge in [0.2, 0.25) is 5.91 Å². The highest BCUT2D eigenvalue weighted by molar-refractivity contribution is 7.14. The summed E-state index contributed by atoms with van der Waals surface area (Å²) >= 11 is 1.44. The molecular formula is C19H17N5O2S. The van der Waals surface area contributed by atoms with Gasteiger partial charge in [-0.25, -0.2) is 4.98 Å². The van der Waals surface area contributed by atoms with Gasteiger partial charge in [-0.15, -0.1) is 10.2 Å². The zero-order chi connectivity index (χ0) is 18.6. The Balaban J connectivity index is 1.37. The van der Waals surface area contributed by atoms with Gasteiger partial charge in [0.05, 0.1) is 6.54 Å². The van der Waals surface area contributed by atoms with Crippen LogP contribution in [0.4, 0.5) is 5.82 Å². The normalized spacial score (nSPS) is 13.2. The summed E-state index contributed by atoms with van der Waals surface area (Å²) in [4.78, 5) is 28.3. The van der Waals surface area contributed by atoms with Gasteiger partial charge in [-0.1, -0.05) is 41.7 Å². The Labute approximate surface area is 159 Å². The molecule has 2 aromatic heterocycles. The highest BCUT2D eigenvalue weighted by Gasteiger charge is 2.29. The zero-order valence-electron chi connectivity index (χ0n) is 14.4. The smallest absolute Gasteiger partial charge is 0.251 e. The fourth-order valence-corrected chi connectivity index (χ4v) is 3.28. The van der Waals surface area contributed by atoms with Gasteiger partial charge in [-0.2, -0.15) is 0 Å². The first-order chi connectivity index (χ1) is 13.2. The Hall–Kier alpha value is -3.13. The molecule has 4 rings (SSSR count). The van der Waals surface area contributed by atoms with Crippen molar-refractivity contribution in [2.75, 3.05) is 5.32 Å². The number of nitrogens with zero attached hydrogens (tertiary/aromatic N) is 3. The predicted molar refractivity (Wildman–Crippen MR) is 102 cm³/mol. The number of carbonyl (C=O) groups is 2. The van der Waals surface area contributed by atoms with E-state index in [0.717, 1.165) is 28.4 Å². The van der Waals surface area contributed by atoms with Crippen LogP contribution in [0.1, 0.15) is 28.2 Å². The van der Waals surface area contributed by atoms with Crippen molar-refractivity contribution in [3.05, 3.63) is 59.2 Å². The van der Waals surface area contributed by atoms with Crippen LogP contribution in [0.15, 0.2) is 48.7 Å². The lowest BCUT2D eigenvalue weighted by molar-refractivity contribution is -0.117. The summed E-state index contributed by atoms with van der Waals surface area (Å²) in [5, 5.41) is 15.4. The molecule has 2 amide bonds. The molecule has 7 nitrogen and oxygen atoms in total. The second kappa shape index (κ2) is 7.63. The molecule has 0 spiro atoms. The van der Waals surface area contributed by atoms with Gasteiger partial charge in [0.1, 0.15) is 15.8 Å². The van der Waals surface area contributed by atoms with Crippen LogP contribution < -0.4 is 10.6 Å². The van der Waals surface area contributed by atoms with Gasteiger partial charge in [-0.3, -0.25) is 9.59 Å². The fraction of sp³-hybridized carbons (Fsp3) is 0.211. The van der Waals surface area contributed by atoms with E-state index in [9.17, 15) is 9.59 Å². The van der Waals surface area contributed by atoms with E-state index in [2.05, 4.69) is 25.8 Å². The van der Waals surface area contributed by atoms with Crippen molar-refractivity contribution in [3.63, 3.8) is 0 Å². The standard InChI is InChI=1S/C19H17N5O2S/c25-17(14-8-9-20-15(10-14)22-18(26)12-6-7-12)21-11-16-23-24-19(27-16)13-4-2-1-3-5-13/h1-5,8-10,12H,6-7,11H2,(H,21,25)(H,20,22,26). The monoisotopic (exact) mass is 379 g/mol. The van der Waals surface area contributed by atoms with E-state index in [4.69, 9.17) is 0 Å². The summed E-state index contributed by atoms with van der Waals surface area (Å²) < 4.78 is 0. The molecule has 2 N–H and O–H groups in total. The number of amides is 2. The van der Waals surface area contributed by atoms with Crippen LogP contribution in [0.25, 0.3) is 10.6 Å². The van der Waals surface area contributed by atoms with Gasteiger partial charge >= 0.3 is 0 Å². The van der Waals surface area contributed by atoms with Gasteiger partial charge in [0, 0.05) is 23.2 Å². The first kappa shape index (κ1) is 17.3. The maximum atomic E-state index is 12.4. The average Bonchev–Trinajstić information content (AvgIpc) is 3.45. The quantitative estimate of drug-likeness (QED) is 0.686. The lowest BCUT2D eigenvalue weighted by Crippen LogP contribution is -2.23. The van der Waals surface area contributed by atoms with Gasteiger partial charge in [0.15, 0.2) is 0 Å². The maximum Gasteiger partial charge on any atom is 0.251 e. The number of anilines is 1. The van der Waals surface area contributed by atoms with Crippen molar-refractivity contribution in [3.8, 4) is 10.6 Å². The van der Waals surface area contributed by atoms with Crippen LogP contribution in [0.5, 0.6) is 0 Å². The highest BCUT2D eigenvalue weighted by Crippen LogP contribution is 2.30. The van der Waals surface area contributed by atoms with Crippen molar-refractivity contribution in [1.29, 1.82) is 0 Å². The van der Waals surface area contributed by atoms with Gasteiger partial charge in [0.25, 0.3) is 5.91 Å². The molecule has 2 heterocycles. The molecule has 0 unspecified atom stereocenters. The van der Waals surface area contributed by atoms with E-state index in [0.29, 0.717) is 11.4 Å². The number of nitrogens with one attached hydrogen (secondary N) is 2. The largest absolute Gasteiger partial charge is 0.345 e. The number of pyridine rings is 1. The number of rotatable bonds is 6. The lowest BCUT2D eigenvalue weighted by Gasteiger charge is -2.06. The maximum absolute atomic E-state index is 12.4. The number of benzene rings is 1. The molecule has 1 aliphatic rings. The molecular weight excluding hydrogens is 362 g/mol. The van der Waals surface area contributed by atoms with Crippen molar-refractivity contribution in [1.82, 2.24) is 20.5 Å². The van der Waals surface area contributed by atoms with Crippen LogP contribution in [-0.4, -0.2) is 27.0 Å². The first-order valence-corrected chi connectivity index (χ1v) is 9.43. The van der Waals surface area contributed by atoms with Crippen LogP contribution in [0, 0.1) is 5.92 Å². The van der Waals surface area contributed by atoms with Crippen LogP contribution >= 0.6 is 11.3 Å². The molecule has 0 aliphatic heterocycles. The Morgan fingerprint density at radius 1 is 1.11 bits per heavy atom. The Morgan fingerprint density at radius 2 is 1.93 bits per heavy atom. The van der Waals surface area contributed by atoms with Gasteiger partial charge in [-0.05, 0) is 25.0 Å². The van der Waals surface area contributed by atoms with E-state index < -0.39 is 0 Å². The molecule has 136 valence electrons. The topological polar surface area (TPSA) is 96.9 Å². The Morgan fingerprint density at radius 3 is 2.70 bits per heavy atom.